The molecule has 0 atom stereocenters. The molecule has 0 unspecified atom stereocenters. The molecule has 0 amide bonds. The van der Waals surface area contributed by atoms with Crippen molar-refractivity contribution in [1.29, 1.82) is 0 Å². The number of para-hydroxylation sites is 1. The molecule has 0 aliphatic rings. The zero-order chi connectivity index (χ0) is 38.9. The Bertz CT molecular complexity index is 3550. The molecule has 276 valence electrons. The van der Waals surface area contributed by atoms with Crippen LogP contribution >= 0.6 is 11.3 Å². The van der Waals surface area contributed by atoms with Crippen molar-refractivity contribution in [2.75, 3.05) is 4.90 Å². The van der Waals surface area contributed by atoms with Crippen LogP contribution in [0.15, 0.2) is 217 Å². The normalized spacial score (nSPS) is 11.7. The van der Waals surface area contributed by atoms with E-state index in [1.807, 2.05) is 11.3 Å². The van der Waals surface area contributed by atoms with E-state index in [1.165, 1.54) is 64.0 Å². The predicted octanol–water partition coefficient (Wildman–Crippen LogP) is 16.7. The van der Waals surface area contributed by atoms with Crippen molar-refractivity contribution in [2.45, 2.75) is 0 Å². The topological polar surface area (TPSA) is 16.4 Å². The summed E-state index contributed by atoms with van der Waals surface area (Å²) in [5, 5.41) is 9.65. The molecule has 10 aromatic carbocycles. The molecule has 2 heterocycles. The SMILES string of the molecule is c1ccc(-c2ccc(-c3ccc(N(c4ccc5c(c4)sc4c(-c6ccccc6)cccc45)c4ccc5ccc6ccccc6c5c4)c4c3oc3ccccc34)cc2)cc1. The first kappa shape index (κ1) is 33.7. The van der Waals surface area contributed by atoms with Gasteiger partial charge >= 0.3 is 0 Å². The lowest BCUT2D eigenvalue weighted by Crippen LogP contribution is -2.10. The maximum atomic E-state index is 6.88. The molecule has 0 bridgehead atoms. The fourth-order valence-corrected chi connectivity index (χ4v) is 10.3. The van der Waals surface area contributed by atoms with Gasteiger partial charge in [-0.15, -0.1) is 11.3 Å². The Balaban J connectivity index is 1.10. The lowest BCUT2D eigenvalue weighted by atomic mass is 9.97. The molecular formula is C56H35NOS. The van der Waals surface area contributed by atoms with Gasteiger partial charge in [0.05, 0.1) is 11.1 Å². The fraction of sp³-hybridized carbons (Fsp3) is 0. The summed E-state index contributed by atoms with van der Waals surface area (Å²) >= 11 is 1.87. The average Bonchev–Trinajstić information content (AvgIpc) is 3.89. The fourth-order valence-electron chi connectivity index (χ4n) is 9.02. The summed E-state index contributed by atoms with van der Waals surface area (Å²) in [6.07, 6.45) is 0. The van der Waals surface area contributed by atoms with Crippen molar-refractivity contribution in [3.05, 3.63) is 212 Å². The molecule has 59 heavy (non-hydrogen) atoms. The van der Waals surface area contributed by atoms with Gasteiger partial charge in [-0.1, -0.05) is 170 Å². The third-order valence-electron chi connectivity index (χ3n) is 11.9. The van der Waals surface area contributed by atoms with E-state index in [1.54, 1.807) is 0 Å². The summed E-state index contributed by atoms with van der Waals surface area (Å²) in [6, 6.07) is 76.9. The van der Waals surface area contributed by atoms with Gasteiger partial charge < -0.3 is 9.32 Å². The number of benzene rings is 10. The zero-order valence-corrected chi connectivity index (χ0v) is 32.8. The van der Waals surface area contributed by atoms with E-state index < -0.39 is 0 Å². The van der Waals surface area contributed by atoms with E-state index in [-0.39, 0.29) is 0 Å². The van der Waals surface area contributed by atoms with Crippen LogP contribution in [0.1, 0.15) is 0 Å². The average molecular weight is 770 g/mol. The third kappa shape index (κ3) is 5.55. The highest BCUT2D eigenvalue weighted by atomic mass is 32.1. The number of rotatable bonds is 6. The van der Waals surface area contributed by atoms with Crippen LogP contribution in [0.3, 0.4) is 0 Å². The molecule has 2 aromatic heterocycles. The molecule has 12 rings (SSSR count). The molecule has 12 aromatic rings. The second-order valence-electron chi connectivity index (χ2n) is 15.2. The standard InChI is InChI=1S/C56H35NOS/c1-3-12-36(13-4-1)37-22-24-40(25-23-37)45-32-33-51(54-49-18-9-10-21-52(49)58-55(45)54)57(42-29-28-41-27-26-39-16-7-8-17-44(39)50(41)34-42)43-30-31-47-48-20-11-19-46(38-14-5-2-6-15-38)56(48)59-53(47)35-43/h1-35H. The number of nitrogens with zero attached hydrogens (tertiary/aromatic N) is 1. The highest BCUT2D eigenvalue weighted by molar-refractivity contribution is 7.26. The Kier molecular flexibility index (Phi) is 7.75. The second-order valence-corrected chi connectivity index (χ2v) is 16.3. The number of fused-ring (bicyclic) bond motifs is 9. The Labute approximate surface area is 345 Å². The summed E-state index contributed by atoms with van der Waals surface area (Å²) in [5.74, 6) is 0. The van der Waals surface area contributed by atoms with Crippen LogP contribution in [-0.2, 0) is 0 Å². The highest BCUT2D eigenvalue weighted by Crippen LogP contribution is 2.49. The number of furan rings is 1. The van der Waals surface area contributed by atoms with E-state index in [4.69, 9.17) is 4.42 Å². The van der Waals surface area contributed by atoms with Gasteiger partial charge in [0.1, 0.15) is 11.2 Å². The van der Waals surface area contributed by atoms with E-state index >= 15 is 0 Å². The minimum absolute atomic E-state index is 0.870. The summed E-state index contributed by atoms with van der Waals surface area (Å²) < 4.78 is 9.44. The molecule has 0 saturated carbocycles. The van der Waals surface area contributed by atoms with Crippen molar-refractivity contribution < 1.29 is 4.42 Å². The molecule has 2 nitrogen and oxygen atoms in total. The van der Waals surface area contributed by atoms with Crippen LogP contribution < -0.4 is 4.90 Å². The van der Waals surface area contributed by atoms with E-state index in [0.29, 0.717) is 0 Å². The van der Waals surface area contributed by atoms with E-state index in [2.05, 4.69) is 217 Å². The maximum absolute atomic E-state index is 6.88. The lowest BCUT2D eigenvalue weighted by Gasteiger charge is -2.27. The van der Waals surface area contributed by atoms with Gasteiger partial charge in [-0.25, -0.2) is 0 Å². The van der Waals surface area contributed by atoms with Crippen LogP contribution in [0.5, 0.6) is 0 Å². The van der Waals surface area contributed by atoms with Crippen LogP contribution in [0.2, 0.25) is 0 Å². The zero-order valence-electron chi connectivity index (χ0n) is 32.0. The van der Waals surface area contributed by atoms with Crippen molar-refractivity contribution in [1.82, 2.24) is 0 Å². The Morgan fingerprint density at radius 1 is 0.373 bits per heavy atom. The molecule has 0 radical (unpaired) electrons. The lowest BCUT2D eigenvalue weighted by molar-refractivity contribution is 0.670. The second kappa shape index (κ2) is 13.6. The van der Waals surface area contributed by atoms with Crippen molar-refractivity contribution >= 4 is 92.1 Å². The molecule has 3 heteroatoms. The van der Waals surface area contributed by atoms with Gasteiger partial charge in [-0.05, 0) is 91.8 Å². The summed E-state index contributed by atoms with van der Waals surface area (Å²) in [7, 11) is 0. The Morgan fingerprint density at radius 3 is 1.81 bits per heavy atom. The quantitative estimate of drug-likeness (QED) is 0.157. The van der Waals surface area contributed by atoms with Crippen molar-refractivity contribution in [2.24, 2.45) is 0 Å². The Hall–Kier alpha value is -7.46. The van der Waals surface area contributed by atoms with Crippen molar-refractivity contribution in [3.63, 3.8) is 0 Å². The molecule has 0 N–H and O–H groups in total. The molecule has 0 aliphatic heterocycles. The van der Waals surface area contributed by atoms with Crippen LogP contribution in [0.25, 0.3) is 97.0 Å². The van der Waals surface area contributed by atoms with Gasteiger partial charge in [-0.2, -0.15) is 0 Å². The molecule has 0 fully saturated rings. The molecule has 0 saturated heterocycles. The van der Waals surface area contributed by atoms with Crippen LogP contribution in [0.4, 0.5) is 17.1 Å². The third-order valence-corrected chi connectivity index (χ3v) is 13.1. The van der Waals surface area contributed by atoms with Crippen LogP contribution in [-0.4, -0.2) is 0 Å². The maximum Gasteiger partial charge on any atom is 0.145 e. The molecule has 0 aliphatic carbocycles. The minimum Gasteiger partial charge on any atom is -0.455 e. The summed E-state index contributed by atoms with van der Waals surface area (Å²) in [6.45, 7) is 0. The Morgan fingerprint density at radius 2 is 0.983 bits per heavy atom. The number of hydrogen-bond acceptors (Lipinski definition) is 3. The monoisotopic (exact) mass is 769 g/mol. The largest absolute Gasteiger partial charge is 0.455 e. The van der Waals surface area contributed by atoms with Gasteiger partial charge in [0.2, 0.25) is 0 Å². The van der Waals surface area contributed by atoms with Gasteiger partial charge in [0, 0.05) is 42.5 Å². The van der Waals surface area contributed by atoms with Crippen LogP contribution in [0, 0.1) is 0 Å². The highest BCUT2D eigenvalue weighted by Gasteiger charge is 2.23. The number of anilines is 3. The minimum atomic E-state index is 0.870. The van der Waals surface area contributed by atoms with Crippen molar-refractivity contribution in [3.8, 4) is 33.4 Å². The number of hydrogen-bond donors (Lipinski definition) is 0. The van der Waals surface area contributed by atoms with Gasteiger partial charge in [0.25, 0.3) is 0 Å². The smallest absolute Gasteiger partial charge is 0.145 e. The van der Waals surface area contributed by atoms with Gasteiger partial charge in [0.15, 0.2) is 0 Å². The summed E-state index contributed by atoms with van der Waals surface area (Å²) in [4.78, 5) is 2.44. The first-order chi connectivity index (χ1) is 29.2. The van der Waals surface area contributed by atoms with E-state index in [0.717, 1.165) is 50.1 Å². The predicted molar refractivity (Wildman–Crippen MR) is 253 cm³/mol. The molecular weight excluding hydrogens is 735 g/mol. The summed E-state index contributed by atoms with van der Waals surface area (Å²) in [5.41, 5.74) is 12.1. The number of thiophene rings is 1. The van der Waals surface area contributed by atoms with Gasteiger partial charge in [-0.3, -0.25) is 0 Å². The molecule has 0 spiro atoms. The van der Waals surface area contributed by atoms with E-state index in [9.17, 15) is 0 Å². The first-order valence-electron chi connectivity index (χ1n) is 20.1. The first-order valence-corrected chi connectivity index (χ1v) is 20.9.